The Labute approximate surface area is 167 Å². The zero-order valence-corrected chi connectivity index (χ0v) is 16.7. The first kappa shape index (κ1) is 18.8. The summed E-state index contributed by atoms with van der Waals surface area (Å²) in [6, 6.07) is 7.54. The van der Waals surface area contributed by atoms with E-state index in [0.29, 0.717) is 28.7 Å². The fraction of sp³-hybridized carbons (Fsp3) is 0.421. The predicted octanol–water partition coefficient (Wildman–Crippen LogP) is 0.935. The second-order valence-electron chi connectivity index (χ2n) is 7.09. The van der Waals surface area contributed by atoms with Gasteiger partial charge in [0.1, 0.15) is 0 Å². The molecule has 0 saturated carbocycles. The number of aromatic nitrogens is 4. The van der Waals surface area contributed by atoms with Crippen molar-refractivity contribution in [2.24, 2.45) is 14.1 Å². The van der Waals surface area contributed by atoms with Crippen LogP contribution in [0.25, 0.3) is 11.2 Å². The third kappa shape index (κ3) is 3.22. The van der Waals surface area contributed by atoms with Crippen LogP contribution in [0.5, 0.6) is 0 Å². The minimum absolute atomic E-state index is 0.334. The summed E-state index contributed by atoms with van der Waals surface area (Å²) in [6.07, 6.45) is 0.987. The SMILES string of the molecule is Cn1c(=O)c2c(nc(N3CCCNCC3)n2Cc2ccc(Cl)cc2)n(C)c1=O. The number of benzene rings is 1. The van der Waals surface area contributed by atoms with Gasteiger partial charge in [-0.2, -0.15) is 4.98 Å². The molecule has 1 N–H and O–H groups in total. The molecule has 0 radical (unpaired) electrons. The quantitative estimate of drug-likeness (QED) is 0.705. The van der Waals surface area contributed by atoms with Crippen molar-refractivity contribution in [1.29, 1.82) is 0 Å². The van der Waals surface area contributed by atoms with E-state index in [0.717, 1.165) is 42.7 Å². The number of halogens is 1. The average molecular weight is 403 g/mol. The minimum Gasteiger partial charge on any atom is -0.341 e. The molecule has 0 atom stereocenters. The van der Waals surface area contributed by atoms with E-state index < -0.39 is 0 Å². The lowest BCUT2D eigenvalue weighted by Crippen LogP contribution is -2.37. The first-order valence-electron chi connectivity index (χ1n) is 9.33. The highest BCUT2D eigenvalue weighted by Crippen LogP contribution is 2.22. The molecule has 3 aromatic rings. The molecular formula is C19H23ClN6O2. The zero-order chi connectivity index (χ0) is 19.8. The molecule has 0 spiro atoms. The molecule has 1 aliphatic rings. The minimum atomic E-state index is -0.377. The van der Waals surface area contributed by atoms with Crippen molar-refractivity contribution in [2.45, 2.75) is 13.0 Å². The van der Waals surface area contributed by atoms with E-state index in [1.165, 1.54) is 11.6 Å². The molecular weight excluding hydrogens is 380 g/mol. The van der Waals surface area contributed by atoms with Crippen molar-refractivity contribution in [1.82, 2.24) is 24.0 Å². The first-order chi connectivity index (χ1) is 13.5. The second-order valence-corrected chi connectivity index (χ2v) is 7.53. The Morgan fingerprint density at radius 1 is 1.07 bits per heavy atom. The number of rotatable bonds is 3. The van der Waals surface area contributed by atoms with E-state index in [2.05, 4.69) is 10.2 Å². The Morgan fingerprint density at radius 2 is 1.82 bits per heavy atom. The summed E-state index contributed by atoms with van der Waals surface area (Å²) in [5, 5.41) is 4.05. The van der Waals surface area contributed by atoms with Crippen molar-refractivity contribution in [3.05, 3.63) is 55.7 Å². The number of hydrogen-bond acceptors (Lipinski definition) is 5. The van der Waals surface area contributed by atoms with E-state index in [1.54, 1.807) is 7.05 Å². The number of hydrogen-bond donors (Lipinski definition) is 1. The molecule has 4 rings (SSSR count). The first-order valence-corrected chi connectivity index (χ1v) is 9.71. The highest BCUT2D eigenvalue weighted by atomic mass is 35.5. The summed E-state index contributed by atoms with van der Waals surface area (Å²) in [5.41, 5.74) is 1.14. The lowest BCUT2D eigenvalue weighted by atomic mass is 10.2. The Kier molecular flexibility index (Phi) is 4.99. The molecule has 9 heteroatoms. The smallest absolute Gasteiger partial charge is 0.332 e. The van der Waals surface area contributed by atoms with Gasteiger partial charge < -0.3 is 10.2 Å². The van der Waals surface area contributed by atoms with Gasteiger partial charge in [0, 0.05) is 38.8 Å². The molecule has 0 bridgehead atoms. The molecule has 1 aromatic carbocycles. The molecule has 8 nitrogen and oxygen atoms in total. The van der Waals surface area contributed by atoms with Gasteiger partial charge >= 0.3 is 5.69 Å². The third-order valence-electron chi connectivity index (χ3n) is 5.20. The van der Waals surface area contributed by atoms with Gasteiger partial charge in [0.2, 0.25) is 5.95 Å². The van der Waals surface area contributed by atoms with Gasteiger partial charge in [-0.05, 0) is 30.7 Å². The van der Waals surface area contributed by atoms with Crippen molar-refractivity contribution in [2.75, 3.05) is 31.1 Å². The molecule has 0 amide bonds. The normalized spacial score (nSPS) is 15.2. The molecule has 1 saturated heterocycles. The Morgan fingerprint density at radius 3 is 2.57 bits per heavy atom. The summed E-state index contributed by atoms with van der Waals surface area (Å²) in [7, 11) is 3.15. The standard InChI is InChI=1S/C19H23ClN6O2/c1-23-16-15(17(27)24(2)19(23)28)26(12-13-4-6-14(20)7-5-13)18(22-16)25-10-3-8-21-9-11-25/h4-7,21H,3,8-12H2,1-2H3. The number of aryl methyl sites for hydroxylation is 1. The topological polar surface area (TPSA) is 77.1 Å². The van der Waals surface area contributed by atoms with Crippen molar-refractivity contribution < 1.29 is 0 Å². The van der Waals surface area contributed by atoms with Crippen LogP contribution in [0, 0.1) is 0 Å². The van der Waals surface area contributed by atoms with Crippen LogP contribution in [-0.4, -0.2) is 44.9 Å². The van der Waals surface area contributed by atoms with E-state index in [4.69, 9.17) is 16.6 Å². The molecule has 3 heterocycles. The second kappa shape index (κ2) is 7.44. The molecule has 148 valence electrons. The summed E-state index contributed by atoms with van der Waals surface area (Å²) in [5.74, 6) is 0.715. The Balaban J connectivity index is 1.94. The Hall–Kier alpha value is -2.58. The molecule has 28 heavy (non-hydrogen) atoms. The van der Waals surface area contributed by atoms with Crippen LogP contribution in [0.3, 0.4) is 0 Å². The number of fused-ring (bicyclic) bond motifs is 1. The summed E-state index contributed by atoms with van der Waals surface area (Å²) < 4.78 is 4.50. The van der Waals surface area contributed by atoms with E-state index in [1.807, 2.05) is 28.8 Å². The average Bonchev–Trinajstić information content (AvgIpc) is 2.87. The maximum Gasteiger partial charge on any atom is 0.332 e. The maximum atomic E-state index is 13.0. The lowest BCUT2D eigenvalue weighted by Gasteiger charge is -2.22. The van der Waals surface area contributed by atoms with Gasteiger partial charge in [-0.1, -0.05) is 23.7 Å². The van der Waals surface area contributed by atoms with Crippen LogP contribution in [0.1, 0.15) is 12.0 Å². The highest BCUT2D eigenvalue weighted by Gasteiger charge is 2.23. The maximum absolute atomic E-state index is 13.0. The molecule has 0 unspecified atom stereocenters. The summed E-state index contributed by atoms with van der Waals surface area (Å²) in [4.78, 5) is 32.3. The van der Waals surface area contributed by atoms with E-state index in [-0.39, 0.29) is 11.2 Å². The van der Waals surface area contributed by atoms with Gasteiger partial charge in [0.05, 0.1) is 6.54 Å². The van der Waals surface area contributed by atoms with Crippen LogP contribution in [0.4, 0.5) is 5.95 Å². The number of anilines is 1. The van der Waals surface area contributed by atoms with Gasteiger partial charge in [0.15, 0.2) is 11.2 Å². The van der Waals surface area contributed by atoms with Crippen LogP contribution in [0.15, 0.2) is 33.9 Å². The van der Waals surface area contributed by atoms with Gasteiger partial charge in [-0.15, -0.1) is 0 Å². The number of nitrogens with zero attached hydrogens (tertiary/aromatic N) is 5. The molecule has 2 aromatic heterocycles. The lowest BCUT2D eigenvalue weighted by molar-refractivity contribution is 0.699. The highest BCUT2D eigenvalue weighted by molar-refractivity contribution is 6.30. The fourth-order valence-corrected chi connectivity index (χ4v) is 3.77. The molecule has 0 aliphatic carbocycles. The third-order valence-corrected chi connectivity index (χ3v) is 5.46. The molecule has 1 aliphatic heterocycles. The van der Waals surface area contributed by atoms with Crippen LogP contribution < -0.4 is 21.5 Å². The zero-order valence-electron chi connectivity index (χ0n) is 16.0. The van der Waals surface area contributed by atoms with Crippen LogP contribution >= 0.6 is 11.6 Å². The largest absolute Gasteiger partial charge is 0.341 e. The van der Waals surface area contributed by atoms with Crippen molar-refractivity contribution in [3.63, 3.8) is 0 Å². The fourth-order valence-electron chi connectivity index (χ4n) is 3.64. The van der Waals surface area contributed by atoms with Gasteiger partial charge in [-0.25, -0.2) is 4.79 Å². The van der Waals surface area contributed by atoms with Crippen molar-refractivity contribution >= 4 is 28.7 Å². The van der Waals surface area contributed by atoms with Crippen LogP contribution in [0.2, 0.25) is 5.02 Å². The van der Waals surface area contributed by atoms with E-state index in [9.17, 15) is 9.59 Å². The van der Waals surface area contributed by atoms with Crippen molar-refractivity contribution in [3.8, 4) is 0 Å². The summed E-state index contributed by atoms with van der Waals surface area (Å²) in [6.45, 7) is 3.90. The molecule has 1 fully saturated rings. The van der Waals surface area contributed by atoms with Gasteiger partial charge in [0.25, 0.3) is 5.56 Å². The monoisotopic (exact) mass is 402 g/mol. The number of nitrogens with one attached hydrogen (secondary N) is 1. The predicted molar refractivity (Wildman–Crippen MR) is 110 cm³/mol. The number of imidazole rings is 1. The Bertz CT molecular complexity index is 1120. The van der Waals surface area contributed by atoms with E-state index >= 15 is 0 Å². The van der Waals surface area contributed by atoms with Gasteiger partial charge in [-0.3, -0.25) is 18.5 Å². The van der Waals surface area contributed by atoms with Crippen LogP contribution in [-0.2, 0) is 20.6 Å². The summed E-state index contributed by atoms with van der Waals surface area (Å²) >= 11 is 6.02.